The van der Waals surface area contributed by atoms with Crippen molar-refractivity contribution < 1.29 is 67.6 Å². The van der Waals surface area contributed by atoms with Crippen LogP contribution in [0.5, 0.6) is 5.75 Å². The van der Waals surface area contributed by atoms with E-state index in [-0.39, 0.29) is 12.0 Å². The molecule has 73 heavy (non-hydrogen) atoms. The van der Waals surface area contributed by atoms with Crippen LogP contribution in [0.1, 0.15) is 85.9 Å². The van der Waals surface area contributed by atoms with Crippen molar-refractivity contribution >= 4 is 53.3 Å². The summed E-state index contributed by atoms with van der Waals surface area (Å²) in [6, 6.07) is 4.84. The molecule has 1 aliphatic rings. The molecular weight excluding hydrogens is 947 g/mol. The van der Waals surface area contributed by atoms with Gasteiger partial charge in [-0.1, -0.05) is 101 Å². The highest BCUT2D eigenvalue weighted by molar-refractivity contribution is 5.98. The Bertz CT molecular complexity index is 2300. The first kappa shape index (κ1) is 60.2. The second kappa shape index (κ2) is 28.8. The molecule has 400 valence electrons. The number of ether oxygens (including phenoxy) is 3. The third kappa shape index (κ3) is 17.8. The fourth-order valence-electron chi connectivity index (χ4n) is 7.44. The van der Waals surface area contributed by atoms with E-state index >= 15 is 0 Å². The fourth-order valence-corrected chi connectivity index (χ4v) is 7.44. The number of aliphatic hydroxyl groups is 2. The lowest BCUT2D eigenvalue weighted by Crippen LogP contribution is -2.61. The summed E-state index contributed by atoms with van der Waals surface area (Å²) >= 11 is 0. The second-order valence-electron chi connectivity index (χ2n) is 18.4. The summed E-state index contributed by atoms with van der Waals surface area (Å²) in [7, 11) is 2.76. The Morgan fingerprint density at radius 2 is 1.45 bits per heavy atom. The van der Waals surface area contributed by atoms with Crippen LogP contribution in [0, 0.1) is 17.8 Å². The number of hydrogen-bond donors (Lipinski definition) is 8. The largest absolute Gasteiger partial charge is 0.497 e. The minimum Gasteiger partial charge on any atom is -0.497 e. The normalized spacial score (nSPS) is 23.7. The van der Waals surface area contributed by atoms with E-state index in [9.17, 15) is 53.4 Å². The van der Waals surface area contributed by atoms with E-state index in [1.54, 1.807) is 90.1 Å². The van der Waals surface area contributed by atoms with Crippen molar-refractivity contribution in [2.45, 2.75) is 130 Å². The van der Waals surface area contributed by atoms with E-state index < -0.39 is 139 Å². The van der Waals surface area contributed by atoms with Gasteiger partial charge in [0.15, 0.2) is 6.04 Å². The number of rotatable bonds is 17. The van der Waals surface area contributed by atoms with E-state index in [1.807, 2.05) is 0 Å². The van der Waals surface area contributed by atoms with Crippen LogP contribution in [0.25, 0.3) is 0 Å². The van der Waals surface area contributed by atoms with Crippen molar-refractivity contribution in [2.75, 3.05) is 27.3 Å². The van der Waals surface area contributed by atoms with E-state index in [1.165, 1.54) is 59.2 Å². The SMILES string of the molecule is C/C=C(C)/C=C/C(=O)NCC(=O)OC[C@@H]1NC(=O)[C@@H]([C@@H](C)O)NC(=O)[C@H](Cc2ccccc2)N(C)C(=O)[C@H](c2ccc(OC)cc2)NC(=O)[C@@H]([C@@H](C)CC)NC(=O)[C@@H](NC(=O)[C@H](C)[C@H](O)C(C)C)[C@H](C)OC1=O. The molecule has 0 aromatic heterocycles. The minimum absolute atomic E-state index is 0.137. The number of carbonyl (C=O) groups is 9. The number of nitrogens with one attached hydrogen (secondary N) is 6. The fraction of sp³-hybridized carbons (Fsp3) is 0.519. The standard InChI is InChI=1S/C52H73N7O14/c1-12-29(5)19-24-39(61)53-26-40(62)72-27-37-52(70)73-33(9)43(57-46(64)31(7)45(63)28(3)4)50(68)55-41(30(6)13-2)48(66)58-44(35-20-22-36(71-11)23-21-35)51(69)59(10)38(25-34-17-15-14-16-18-34)47(65)56-42(32(8)60)49(67)54-37/h12,14-24,28,30-33,37-38,41-45,60,63H,13,25-27H2,1-11H3,(H,53,61)(H,54,67)(H,55,68)(H,56,65)(H,57,64)(H,58,66)/b24-19+,29-12+/t30-,31+,32+,33-,37-,38-,41+,42+,43-,44-,45+/m0/s1. The van der Waals surface area contributed by atoms with Crippen molar-refractivity contribution in [3.8, 4) is 5.75 Å². The molecule has 8 N–H and O–H groups in total. The van der Waals surface area contributed by atoms with Gasteiger partial charge in [0.25, 0.3) is 0 Å². The zero-order chi connectivity index (χ0) is 54.7. The van der Waals surface area contributed by atoms with E-state index in [0.717, 1.165) is 10.5 Å². The van der Waals surface area contributed by atoms with Gasteiger partial charge < -0.3 is 61.2 Å². The maximum absolute atomic E-state index is 15.0. The number of methoxy groups -OCH3 is 1. The first-order valence-electron chi connectivity index (χ1n) is 24.2. The summed E-state index contributed by atoms with van der Waals surface area (Å²) in [5.41, 5.74) is 1.60. The maximum atomic E-state index is 15.0. The number of amides is 7. The highest BCUT2D eigenvalue weighted by atomic mass is 16.6. The molecule has 7 amide bonds. The zero-order valence-electron chi connectivity index (χ0n) is 43.4. The second-order valence-corrected chi connectivity index (χ2v) is 18.4. The predicted molar refractivity (Wildman–Crippen MR) is 268 cm³/mol. The van der Waals surface area contributed by atoms with E-state index in [2.05, 4.69) is 31.9 Å². The average Bonchev–Trinajstić information content (AvgIpc) is 3.37. The Balaban J connectivity index is 2.26. The molecule has 1 fully saturated rings. The smallest absolute Gasteiger partial charge is 0.332 e. The minimum atomic E-state index is -1.93. The molecule has 0 spiro atoms. The van der Waals surface area contributed by atoms with Crippen LogP contribution in [-0.4, -0.2) is 144 Å². The molecule has 2 aromatic carbocycles. The van der Waals surface area contributed by atoms with Gasteiger partial charge in [0.05, 0.1) is 25.2 Å². The van der Waals surface area contributed by atoms with Crippen molar-refractivity contribution in [3.05, 3.63) is 89.5 Å². The molecule has 21 nitrogen and oxygen atoms in total. The summed E-state index contributed by atoms with van der Waals surface area (Å²) in [6.45, 7) is 12.5. The Labute approximate surface area is 426 Å². The Morgan fingerprint density at radius 1 is 0.836 bits per heavy atom. The van der Waals surface area contributed by atoms with Gasteiger partial charge in [-0.2, -0.15) is 0 Å². The Morgan fingerprint density at radius 3 is 2.03 bits per heavy atom. The molecule has 21 heteroatoms. The van der Waals surface area contributed by atoms with Crippen molar-refractivity contribution in [1.82, 2.24) is 36.8 Å². The van der Waals surface area contributed by atoms with Crippen LogP contribution in [0.2, 0.25) is 0 Å². The Hall–Kier alpha value is -7.13. The van der Waals surface area contributed by atoms with E-state index in [0.29, 0.717) is 17.7 Å². The molecule has 0 saturated carbocycles. The number of benzene rings is 2. The van der Waals surface area contributed by atoms with E-state index in [4.69, 9.17) is 14.2 Å². The number of esters is 2. The van der Waals surface area contributed by atoms with Gasteiger partial charge in [-0.3, -0.25) is 38.4 Å². The monoisotopic (exact) mass is 1020 g/mol. The average molecular weight is 1020 g/mol. The van der Waals surface area contributed by atoms with Gasteiger partial charge >= 0.3 is 11.9 Å². The van der Waals surface area contributed by atoms with Gasteiger partial charge in [0.1, 0.15) is 55.2 Å². The van der Waals surface area contributed by atoms with Gasteiger partial charge in [-0.25, -0.2) is 4.79 Å². The van der Waals surface area contributed by atoms with Gasteiger partial charge in [0.2, 0.25) is 41.4 Å². The number of carbonyl (C=O) groups excluding carboxylic acids is 9. The first-order valence-corrected chi connectivity index (χ1v) is 24.2. The molecule has 11 atom stereocenters. The van der Waals surface area contributed by atoms with Crippen LogP contribution < -0.4 is 36.6 Å². The summed E-state index contributed by atoms with van der Waals surface area (Å²) < 4.78 is 16.4. The van der Waals surface area contributed by atoms with Crippen LogP contribution in [0.4, 0.5) is 0 Å². The molecule has 1 saturated heterocycles. The topological polar surface area (TPSA) is 297 Å². The molecule has 0 bridgehead atoms. The van der Waals surface area contributed by atoms with Gasteiger partial charge in [-0.05, 0) is 62.8 Å². The number of nitrogens with zero attached hydrogens (tertiary/aromatic N) is 1. The number of hydrogen-bond acceptors (Lipinski definition) is 14. The van der Waals surface area contributed by atoms with Crippen LogP contribution >= 0.6 is 0 Å². The van der Waals surface area contributed by atoms with Crippen LogP contribution in [-0.2, 0) is 59.0 Å². The van der Waals surface area contributed by atoms with Gasteiger partial charge in [0, 0.05) is 19.5 Å². The molecule has 2 aromatic rings. The molecule has 3 rings (SSSR count). The number of cyclic esters (lactones) is 1. The quantitative estimate of drug-likeness (QED) is 0.0625. The third-order valence-electron chi connectivity index (χ3n) is 12.6. The Kier molecular flexibility index (Phi) is 23.7. The molecule has 0 aliphatic carbocycles. The number of aliphatic hydroxyl groups excluding tert-OH is 2. The highest BCUT2D eigenvalue weighted by Gasteiger charge is 2.41. The van der Waals surface area contributed by atoms with Gasteiger partial charge in [-0.15, -0.1) is 0 Å². The lowest BCUT2D eigenvalue weighted by molar-refractivity contribution is -0.160. The molecule has 1 heterocycles. The summed E-state index contributed by atoms with van der Waals surface area (Å²) in [4.78, 5) is 127. The summed E-state index contributed by atoms with van der Waals surface area (Å²) in [5.74, 6) is -10.4. The maximum Gasteiger partial charge on any atom is 0.332 e. The highest BCUT2D eigenvalue weighted by Crippen LogP contribution is 2.23. The van der Waals surface area contributed by atoms with Crippen LogP contribution in [0.15, 0.2) is 78.4 Å². The third-order valence-corrected chi connectivity index (χ3v) is 12.6. The summed E-state index contributed by atoms with van der Waals surface area (Å²) in [5, 5.41) is 37.0. The lowest BCUT2D eigenvalue weighted by atomic mass is 9.93. The number of likely N-dealkylation sites (N-methyl/N-ethyl adjacent to an activating group) is 1. The number of allylic oxidation sites excluding steroid dienone is 3. The molecular formula is C52H73N7O14. The summed E-state index contributed by atoms with van der Waals surface area (Å²) in [6.07, 6.45) is 0.135. The first-order chi connectivity index (χ1) is 34.4. The van der Waals surface area contributed by atoms with Crippen molar-refractivity contribution in [2.24, 2.45) is 17.8 Å². The zero-order valence-corrected chi connectivity index (χ0v) is 43.4. The van der Waals surface area contributed by atoms with Crippen molar-refractivity contribution in [3.63, 3.8) is 0 Å². The molecule has 0 unspecified atom stereocenters. The van der Waals surface area contributed by atoms with Crippen LogP contribution in [0.3, 0.4) is 0 Å². The predicted octanol–water partition coefficient (Wildman–Crippen LogP) is 1.07. The molecule has 0 radical (unpaired) electrons. The molecule has 1 aliphatic heterocycles. The van der Waals surface area contributed by atoms with Crippen molar-refractivity contribution in [1.29, 1.82) is 0 Å². The lowest BCUT2D eigenvalue weighted by Gasteiger charge is -2.34.